The number of ether oxygens (including phenoxy) is 1. The summed E-state index contributed by atoms with van der Waals surface area (Å²) in [6, 6.07) is 9.78. The Labute approximate surface area is 118 Å². The molecule has 0 aliphatic heterocycles. The molecule has 0 spiro atoms. The summed E-state index contributed by atoms with van der Waals surface area (Å²) < 4.78 is 10.6. The lowest BCUT2D eigenvalue weighted by atomic mass is 10.2. The fourth-order valence-corrected chi connectivity index (χ4v) is 1.83. The van der Waals surface area contributed by atoms with Crippen LogP contribution in [0.3, 0.4) is 0 Å². The van der Waals surface area contributed by atoms with Crippen molar-refractivity contribution in [1.82, 2.24) is 9.88 Å². The number of carbonyl (C=O) groups excluding carboxylic acids is 1. The highest BCUT2D eigenvalue weighted by atomic mass is 16.5. The summed E-state index contributed by atoms with van der Waals surface area (Å²) in [5.74, 6) is 1.06. The first-order valence-corrected chi connectivity index (χ1v) is 6.53. The van der Waals surface area contributed by atoms with E-state index in [1.165, 1.54) is 0 Å². The van der Waals surface area contributed by atoms with Gasteiger partial charge in [0.05, 0.1) is 25.9 Å². The van der Waals surface area contributed by atoms with E-state index < -0.39 is 0 Å². The van der Waals surface area contributed by atoms with E-state index in [1.807, 2.05) is 37.4 Å². The van der Waals surface area contributed by atoms with Crippen molar-refractivity contribution >= 4 is 5.97 Å². The van der Waals surface area contributed by atoms with Crippen molar-refractivity contribution in [3.05, 3.63) is 42.4 Å². The number of esters is 1. The highest BCUT2D eigenvalue weighted by Gasteiger charge is 2.11. The molecule has 106 valence electrons. The summed E-state index contributed by atoms with van der Waals surface area (Å²) in [4.78, 5) is 17.4. The van der Waals surface area contributed by atoms with E-state index in [0.717, 1.165) is 11.3 Å². The minimum absolute atomic E-state index is 0.219. The van der Waals surface area contributed by atoms with Gasteiger partial charge in [0.2, 0.25) is 5.89 Å². The minimum atomic E-state index is -0.246. The Morgan fingerprint density at radius 1 is 1.35 bits per heavy atom. The molecule has 1 aromatic heterocycles. The standard InChI is InChI=1S/C15H18N2O3/c1-3-19-15(18)11-17(2)10-14-16-9-13(20-14)12-7-5-4-6-8-12/h4-9H,3,10-11H2,1-2H3. The minimum Gasteiger partial charge on any atom is -0.465 e. The molecule has 1 heterocycles. The fraction of sp³-hybridized carbons (Fsp3) is 0.333. The van der Waals surface area contributed by atoms with Crippen LogP contribution in [0.5, 0.6) is 0 Å². The van der Waals surface area contributed by atoms with Gasteiger partial charge in [0.1, 0.15) is 0 Å². The van der Waals surface area contributed by atoms with Gasteiger partial charge in [-0.15, -0.1) is 0 Å². The first-order valence-electron chi connectivity index (χ1n) is 6.53. The molecule has 0 bridgehead atoms. The summed E-state index contributed by atoms with van der Waals surface area (Å²) >= 11 is 0. The quantitative estimate of drug-likeness (QED) is 0.757. The topological polar surface area (TPSA) is 55.6 Å². The van der Waals surface area contributed by atoms with Crippen LogP contribution in [-0.2, 0) is 16.1 Å². The molecule has 20 heavy (non-hydrogen) atoms. The maximum atomic E-state index is 11.4. The summed E-state index contributed by atoms with van der Waals surface area (Å²) in [7, 11) is 1.82. The van der Waals surface area contributed by atoms with E-state index in [9.17, 15) is 4.79 Å². The molecule has 1 aromatic carbocycles. The van der Waals surface area contributed by atoms with Crippen LogP contribution in [0.1, 0.15) is 12.8 Å². The number of nitrogens with zero attached hydrogens (tertiary/aromatic N) is 2. The predicted molar refractivity (Wildman–Crippen MR) is 74.9 cm³/mol. The van der Waals surface area contributed by atoms with Gasteiger partial charge in [0.15, 0.2) is 5.76 Å². The number of aromatic nitrogens is 1. The smallest absolute Gasteiger partial charge is 0.320 e. The lowest BCUT2D eigenvalue weighted by Gasteiger charge is -2.12. The second kappa shape index (κ2) is 6.86. The molecule has 2 aromatic rings. The Bertz CT molecular complexity index is 551. The Morgan fingerprint density at radius 3 is 2.80 bits per heavy atom. The Hall–Kier alpha value is -2.14. The highest BCUT2D eigenvalue weighted by Crippen LogP contribution is 2.20. The van der Waals surface area contributed by atoms with Crippen LogP contribution >= 0.6 is 0 Å². The highest BCUT2D eigenvalue weighted by molar-refractivity contribution is 5.71. The van der Waals surface area contributed by atoms with Crippen LogP contribution in [0, 0.1) is 0 Å². The third kappa shape index (κ3) is 3.93. The molecule has 0 radical (unpaired) electrons. The SMILES string of the molecule is CCOC(=O)CN(C)Cc1ncc(-c2ccccc2)o1. The number of hydrogen-bond donors (Lipinski definition) is 0. The van der Waals surface area contributed by atoms with Crippen LogP contribution in [-0.4, -0.2) is 36.1 Å². The molecule has 0 aliphatic rings. The van der Waals surface area contributed by atoms with E-state index in [4.69, 9.17) is 9.15 Å². The van der Waals surface area contributed by atoms with Crippen molar-refractivity contribution in [2.75, 3.05) is 20.2 Å². The van der Waals surface area contributed by atoms with Crippen molar-refractivity contribution in [2.45, 2.75) is 13.5 Å². The van der Waals surface area contributed by atoms with E-state index in [2.05, 4.69) is 4.98 Å². The van der Waals surface area contributed by atoms with Crippen LogP contribution in [0.25, 0.3) is 11.3 Å². The van der Waals surface area contributed by atoms with Gasteiger partial charge in [-0.25, -0.2) is 4.98 Å². The van der Waals surface area contributed by atoms with Crippen molar-refractivity contribution in [2.24, 2.45) is 0 Å². The van der Waals surface area contributed by atoms with Crippen LogP contribution in [0.15, 0.2) is 40.9 Å². The predicted octanol–water partition coefficient (Wildman–Crippen LogP) is 2.34. The normalized spacial score (nSPS) is 10.8. The number of carbonyl (C=O) groups is 1. The van der Waals surface area contributed by atoms with Gasteiger partial charge in [0.25, 0.3) is 0 Å². The molecular formula is C15H18N2O3. The van der Waals surface area contributed by atoms with Crippen molar-refractivity contribution in [3.63, 3.8) is 0 Å². The van der Waals surface area contributed by atoms with E-state index >= 15 is 0 Å². The first-order chi connectivity index (χ1) is 9.69. The number of oxazole rings is 1. The molecule has 0 saturated carbocycles. The molecule has 0 amide bonds. The van der Waals surface area contributed by atoms with Crippen LogP contribution in [0.4, 0.5) is 0 Å². The van der Waals surface area contributed by atoms with Gasteiger partial charge >= 0.3 is 5.97 Å². The fourth-order valence-electron chi connectivity index (χ4n) is 1.83. The lowest BCUT2D eigenvalue weighted by molar-refractivity contribution is -0.144. The van der Waals surface area contributed by atoms with Gasteiger partial charge in [-0.05, 0) is 14.0 Å². The van der Waals surface area contributed by atoms with E-state index in [1.54, 1.807) is 18.0 Å². The summed E-state index contributed by atoms with van der Waals surface area (Å²) in [6.07, 6.45) is 1.70. The third-order valence-electron chi connectivity index (χ3n) is 2.72. The molecule has 5 heteroatoms. The summed E-state index contributed by atoms with van der Waals surface area (Å²) in [6.45, 7) is 2.87. The Morgan fingerprint density at radius 2 is 2.10 bits per heavy atom. The van der Waals surface area contributed by atoms with E-state index in [0.29, 0.717) is 19.0 Å². The zero-order valence-corrected chi connectivity index (χ0v) is 11.7. The molecule has 2 rings (SSSR count). The van der Waals surface area contributed by atoms with Gasteiger partial charge < -0.3 is 9.15 Å². The van der Waals surface area contributed by atoms with Gasteiger partial charge in [0, 0.05) is 5.56 Å². The molecule has 0 fully saturated rings. The number of hydrogen-bond acceptors (Lipinski definition) is 5. The number of benzene rings is 1. The van der Waals surface area contributed by atoms with Gasteiger partial charge in [-0.1, -0.05) is 30.3 Å². The van der Waals surface area contributed by atoms with Gasteiger partial charge in [-0.2, -0.15) is 0 Å². The second-order valence-corrected chi connectivity index (χ2v) is 4.46. The Kier molecular flexibility index (Phi) is 4.90. The van der Waals surface area contributed by atoms with Crippen LogP contribution in [0.2, 0.25) is 0 Å². The molecule has 5 nitrogen and oxygen atoms in total. The zero-order chi connectivity index (χ0) is 14.4. The average Bonchev–Trinajstić information content (AvgIpc) is 2.88. The van der Waals surface area contributed by atoms with Crippen molar-refractivity contribution in [1.29, 1.82) is 0 Å². The molecule has 0 aliphatic carbocycles. The second-order valence-electron chi connectivity index (χ2n) is 4.46. The van der Waals surface area contributed by atoms with E-state index in [-0.39, 0.29) is 12.5 Å². The van der Waals surface area contributed by atoms with Crippen LogP contribution < -0.4 is 0 Å². The largest absolute Gasteiger partial charge is 0.465 e. The lowest BCUT2D eigenvalue weighted by Crippen LogP contribution is -2.27. The summed E-state index contributed by atoms with van der Waals surface area (Å²) in [5, 5.41) is 0. The summed E-state index contributed by atoms with van der Waals surface area (Å²) in [5.41, 5.74) is 0.985. The monoisotopic (exact) mass is 274 g/mol. The maximum Gasteiger partial charge on any atom is 0.320 e. The average molecular weight is 274 g/mol. The van der Waals surface area contributed by atoms with Crippen molar-refractivity contribution < 1.29 is 13.9 Å². The molecular weight excluding hydrogens is 256 g/mol. The van der Waals surface area contributed by atoms with Crippen molar-refractivity contribution in [3.8, 4) is 11.3 Å². The zero-order valence-electron chi connectivity index (χ0n) is 11.7. The molecule has 0 saturated heterocycles. The number of likely N-dealkylation sites (N-methyl/N-ethyl adjacent to an activating group) is 1. The maximum absolute atomic E-state index is 11.4. The first kappa shape index (κ1) is 14.3. The molecule has 0 N–H and O–H groups in total. The third-order valence-corrected chi connectivity index (χ3v) is 2.72. The number of rotatable bonds is 6. The Balaban J connectivity index is 1.94. The molecule has 0 unspecified atom stereocenters. The van der Waals surface area contributed by atoms with Gasteiger partial charge in [-0.3, -0.25) is 9.69 Å². The molecule has 0 atom stereocenters.